The van der Waals surface area contributed by atoms with Crippen LogP contribution >= 0.6 is 0 Å². The number of nitrogens with one attached hydrogen (secondary N) is 2. The monoisotopic (exact) mass is 320 g/mol. The third-order valence-electron chi connectivity index (χ3n) is 3.80. The number of nitrogens with zero attached hydrogens (tertiary/aromatic N) is 2. The van der Waals surface area contributed by atoms with Crippen LogP contribution in [0.3, 0.4) is 0 Å². The van der Waals surface area contributed by atoms with Gasteiger partial charge >= 0.3 is 0 Å². The zero-order chi connectivity index (χ0) is 16.5. The maximum absolute atomic E-state index is 13.4. The van der Waals surface area contributed by atoms with E-state index in [1.54, 1.807) is 18.5 Å². The van der Waals surface area contributed by atoms with Crippen LogP contribution in [0.2, 0.25) is 0 Å². The Hall–Kier alpha value is -3.41. The van der Waals surface area contributed by atoms with Crippen LogP contribution in [0, 0.1) is 5.82 Å². The van der Waals surface area contributed by atoms with Gasteiger partial charge in [0.05, 0.1) is 17.5 Å². The lowest BCUT2D eigenvalue weighted by atomic mass is 10.1. The van der Waals surface area contributed by atoms with Crippen LogP contribution in [0.15, 0.2) is 67.0 Å². The lowest BCUT2D eigenvalue weighted by molar-refractivity contribution is -0.110. The molecule has 0 saturated carbocycles. The van der Waals surface area contributed by atoms with Gasteiger partial charge < -0.3 is 10.2 Å². The predicted molar refractivity (Wildman–Crippen MR) is 90.2 cm³/mol. The largest absolute Gasteiger partial charge is 0.321 e. The smallest absolute Gasteiger partial charge is 0.257 e. The zero-order valence-corrected chi connectivity index (χ0v) is 12.5. The Morgan fingerprint density at radius 1 is 1.08 bits per heavy atom. The summed E-state index contributed by atoms with van der Waals surface area (Å²) in [7, 11) is 0. The Labute approximate surface area is 137 Å². The molecule has 1 aliphatic heterocycles. The lowest BCUT2D eigenvalue weighted by Crippen LogP contribution is -2.13. The summed E-state index contributed by atoms with van der Waals surface area (Å²) in [5.41, 5.74) is 2.48. The summed E-state index contributed by atoms with van der Waals surface area (Å²) < 4.78 is 13.4. The van der Waals surface area contributed by atoms with Crippen molar-refractivity contribution in [2.75, 3.05) is 10.2 Å². The first-order valence-corrected chi connectivity index (χ1v) is 7.39. The number of benzene rings is 2. The van der Waals surface area contributed by atoms with Crippen LogP contribution < -0.4 is 10.2 Å². The summed E-state index contributed by atoms with van der Waals surface area (Å²) in [6.45, 7) is 0. The molecule has 1 amide bonds. The van der Waals surface area contributed by atoms with Crippen molar-refractivity contribution in [1.29, 1.82) is 0 Å². The molecule has 6 heteroatoms. The Morgan fingerprint density at radius 2 is 1.92 bits per heavy atom. The average molecular weight is 320 g/mol. The van der Waals surface area contributed by atoms with E-state index >= 15 is 0 Å². The van der Waals surface area contributed by atoms with Crippen molar-refractivity contribution in [3.8, 4) is 0 Å². The van der Waals surface area contributed by atoms with Gasteiger partial charge in [0.2, 0.25) is 0 Å². The fraction of sp³-hybridized carbons (Fsp3) is 0. The molecular weight excluding hydrogens is 307 g/mol. The molecule has 0 aliphatic carbocycles. The number of aromatic nitrogens is 2. The molecule has 1 aliphatic rings. The summed E-state index contributed by atoms with van der Waals surface area (Å²) in [6.07, 6.45) is 3.36. The first-order valence-electron chi connectivity index (χ1n) is 7.39. The maximum Gasteiger partial charge on any atom is 0.257 e. The van der Waals surface area contributed by atoms with E-state index in [9.17, 15) is 9.18 Å². The van der Waals surface area contributed by atoms with E-state index in [2.05, 4.69) is 15.5 Å². The van der Waals surface area contributed by atoms with Crippen LogP contribution in [0.1, 0.15) is 5.56 Å². The minimum atomic E-state index is -0.385. The second-order valence-electron chi connectivity index (χ2n) is 5.33. The van der Waals surface area contributed by atoms with Crippen LogP contribution in [0.5, 0.6) is 0 Å². The maximum atomic E-state index is 13.4. The number of aromatic amines is 1. The quantitative estimate of drug-likeness (QED) is 0.724. The number of H-pyrrole nitrogens is 1. The summed E-state index contributed by atoms with van der Waals surface area (Å²) in [6, 6.07) is 15.7. The van der Waals surface area contributed by atoms with E-state index in [1.165, 1.54) is 12.1 Å². The molecule has 2 aromatic carbocycles. The van der Waals surface area contributed by atoms with Crippen molar-refractivity contribution < 1.29 is 9.18 Å². The number of amides is 1. The predicted octanol–water partition coefficient (Wildman–Crippen LogP) is 3.68. The van der Waals surface area contributed by atoms with E-state index in [-0.39, 0.29) is 11.7 Å². The van der Waals surface area contributed by atoms with Crippen LogP contribution in [0.4, 0.5) is 21.6 Å². The highest BCUT2D eigenvalue weighted by molar-refractivity contribution is 6.31. The van der Waals surface area contributed by atoms with Gasteiger partial charge in [-0.3, -0.25) is 9.89 Å². The molecule has 0 spiro atoms. The van der Waals surface area contributed by atoms with Gasteiger partial charge in [-0.15, -0.1) is 0 Å². The molecular formula is C18H13FN4O. The Morgan fingerprint density at radius 3 is 2.67 bits per heavy atom. The molecule has 0 saturated heterocycles. The highest BCUT2D eigenvalue weighted by Gasteiger charge is 2.26. The van der Waals surface area contributed by atoms with Crippen molar-refractivity contribution in [1.82, 2.24) is 10.2 Å². The van der Waals surface area contributed by atoms with Gasteiger partial charge in [0, 0.05) is 23.5 Å². The Kier molecular flexibility index (Phi) is 3.35. The molecule has 2 N–H and O–H groups in total. The molecule has 0 radical (unpaired) electrons. The lowest BCUT2D eigenvalue weighted by Gasteiger charge is -2.19. The molecule has 0 unspecified atom stereocenters. The number of para-hydroxylation sites is 1. The summed E-state index contributed by atoms with van der Waals surface area (Å²) in [5.74, 6) is 0.0666. The molecule has 4 rings (SSSR count). The summed E-state index contributed by atoms with van der Waals surface area (Å²) >= 11 is 0. The minimum absolute atomic E-state index is 0.268. The van der Waals surface area contributed by atoms with E-state index in [0.29, 0.717) is 16.8 Å². The van der Waals surface area contributed by atoms with Crippen molar-refractivity contribution in [3.63, 3.8) is 0 Å². The Balaban J connectivity index is 1.84. The molecule has 0 bridgehead atoms. The molecule has 118 valence electrons. The highest BCUT2D eigenvalue weighted by Crippen LogP contribution is 2.34. The third kappa shape index (κ3) is 2.44. The molecule has 0 atom stereocenters. The van der Waals surface area contributed by atoms with Gasteiger partial charge in [0.15, 0.2) is 0 Å². The number of halogens is 1. The van der Waals surface area contributed by atoms with Gasteiger partial charge in [-0.25, -0.2) is 4.39 Å². The number of hydrogen-bond acceptors (Lipinski definition) is 3. The topological polar surface area (TPSA) is 61.0 Å². The first kappa shape index (κ1) is 14.2. The SMILES string of the molecule is O=C1Nc2cc(F)ccc2C1=CN(c1ccccc1)c1ccn[nH]1. The molecule has 3 aromatic rings. The Bertz CT molecular complexity index is 919. The fourth-order valence-corrected chi connectivity index (χ4v) is 2.68. The van der Waals surface area contributed by atoms with Gasteiger partial charge in [-0.2, -0.15) is 5.10 Å². The first-order chi connectivity index (χ1) is 11.7. The second kappa shape index (κ2) is 5.66. The third-order valence-corrected chi connectivity index (χ3v) is 3.80. The molecule has 1 aromatic heterocycles. The van der Waals surface area contributed by atoms with Crippen molar-refractivity contribution in [3.05, 3.63) is 78.4 Å². The summed E-state index contributed by atoms with van der Waals surface area (Å²) in [4.78, 5) is 14.2. The van der Waals surface area contributed by atoms with Gasteiger partial charge in [0.1, 0.15) is 11.6 Å². The number of hydrogen-bond donors (Lipinski definition) is 2. The van der Waals surface area contributed by atoms with E-state index < -0.39 is 0 Å². The van der Waals surface area contributed by atoms with Crippen molar-refractivity contribution >= 4 is 28.7 Å². The van der Waals surface area contributed by atoms with Crippen molar-refractivity contribution in [2.24, 2.45) is 0 Å². The zero-order valence-electron chi connectivity index (χ0n) is 12.5. The second-order valence-corrected chi connectivity index (χ2v) is 5.33. The number of fused-ring (bicyclic) bond motifs is 1. The minimum Gasteiger partial charge on any atom is -0.321 e. The van der Waals surface area contributed by atoms with Gasteiger partial charge in [-0.1, -0.05) is 18.2 Å². The molecule has 2 heterocycles. The van der Waals surface area contributed by atoms with Crippen LogP contribution in [-0.4, -0.2) is 16.1 Å². The molecule has 24 heavy (non-hydrogen) atoms. The highest BCUT2D eigenvalue weighted by atomic mass is 19.1. The fourth-order valence-electron chi connectivity index (χ4n) is 2.68. The van der Waals surface area contributed by atoms with Gasteiger partial charge in [0.25, 0.3) is 5.91 Å². The number of rotatable bonds is 3. The average Bonchev–Trinajstić information content (AvgIpc) is 3.21. The van der Waals surface area contributed by atoms with Crippen LogP contribution in [0.25, 0.3) is 5.57 Å². The number of anilines is 3. The van der Waals surface area contributed by atoms with E-state index in [0.717, 1.165) is 11.5 Å². The van der Waals surface area contributed by atoms with Crippen molar-refractivity contribution in [2.45, 2.75) is 0 Å². The number of carbonyl (C=O) groups excluding carboxylic acids is 1. The number of carbonyl (C=O) groups is 1. The van der Waals surface area contributed by atoms with Gasteiger partial charge in [-0.05, 0) is 30.3 Å². The van der Waals surface area contributed by atoms with Crippen LogP contribution in [-0.2, 0) is 4.79 Å². The normalized spacial score (nSPS) is 14.5. The van der Waals surface area contributed by atoms with E-state index in [1.807, 2.05) is 41.3 Å². The molecule has 5 nitrogen and oxygen atoms in total. The molecule has 0 fully saturated rings. The summed E-state index contributed by atoms with van der Waals surface area (Å²) in [5, 5.41) is 9.56. The standard InChI is InChI=1S/C18H13FN4O/c19-12-6-7-14-15(18(24)21-16(14)10-12)11-23(17-8-9-20-22-17)13-4-2-1-3-5-13/h1-11H,(H,20,22)(H,21,24). The van der Waals surface area contributed by atoms with E-state index in [4.69, 9.17) is 0 Å².